The van der Waals surface area contributed by atoms with Crippen LogP contribution in [-0.4, -0.2) is 107 Å². The molecular weight excluding hydrogens is 585 g/mol. The molecule has 208 valence electrons. The molecule has 1 unspecified atom stereocenters. The number of ketones is 1. The number of thioether (sulfide) groups is 1. The zero-order chi connectivity index (χ0) is 29.0. The summed E-state index contributed by atoms with van der Waals surface area (Å²) in [5, 5.41) is 4.82. The number of carbonyl (C=O) groups is 5. The number of hydrogen-bond donors (Lipinski definition) is 1. The van der Waals surface area contributed by atoms with Crippen molar-refractivity contribution in [3.05, 3.63) is 15.0 Å². The third kappa shape index (κ3) is 4.44. The van der Waals surface area contributed by atoms with Gasteiger partial charge in [-0.1, -0.05) is 28.5 Å². The first-order valence-corrected chi connectivity index (χ1v) is 14.1. The Morgan fingerprint density at radius 3 is 2.42 bits per heavy atom. The number of Topliss-reactive ketones (excluding diaryl/α,β-unsaturated/α-hetero) is 1. The molecule has 1 aromatic rings. The van der Waals surface area contributed by atoms with Gasteiger partial charge >= 0.3 is 34.1 Å². The number of rotatable bonds is 9. The van der Waals surface area contributed by atoms with Crippen LogP contribution in [0.4, 0.5) is 4.79 Å². The van der Waals surface area contributed by atoms with E-state index in [0.717, 1.165) is 28.1 Å². The first-order chi connectivity index (χ1) is 19.0. The number of oxime groups is 1. The molecule has 1 saturated carbocycles. The molecule has 4 fully saturated rings. The number of aryl methyl sites for hydroxylation is 1. The van der Waals surface area contributed by atoms with Gasteiger partial charge < -0.3 is 19.0 Å². The number of nitrogens with two attached hydrogens (primary N) is 1. The van der Waals surface area contributed by atoms with Crippen molar-refractivity contribution in [2.75, 3.05) is 19.6 Å². The standard InChI is InChI=1S/C21H21B2ClN6O8S2/c1-9-26-13(14(24)39-9)12(27-38-20(3-2-4-20)17(33)36-22)11(31)7-10-15(32)28-8-21(18(34)37-23,40-16(10)28)29-5-6-30(25)19(29)35/h10,16H,2-8,25H2,1H3/b27-12+/t10?,16-,21-/m1/s1. The zero-order valence-corrected chi connectivity index (χ0v) is 23.4. The molecule has 4 aliphatic rings. The van der Waals surface area contributed by atoms with Crippen molar-refractivity contribution in [1.82, 2.24) is 19.8 Å². The lowest BCUT2D eigenvalue weighted by Crippen LogP contribution is -2.60. The number of hydrogen-bond acceptors (Lipinski definition) is 13. The van der Waals surface area contributed by atoms with Crippen LogP contribution in [0.3, 0.4) is 0 Å². The van der Waals surface area contributed by atoms with Gasteiger partial charge in [0.05, 0.1) is 29.4 Å². The molecular formula is C21H21B2ClN6O8S2. The highest BCUT2D eigenvalue weighted by molar-refractivity contribution is 8.02. The number of carbonyl (C=O) groups excluding carboxylic acids is 5. The lowest BCUT2D eigenvalue weighted by molar-refractivity contribution is -0.175. The lowest BCUT2D eigenvalue weighted by Gasteiger charge is -2.41. The Kier molecular flexibility index (Phi) is 7.56. The molecule has 14 nitrogen and oxygen atoms in total. The Labute approximate surface area is 243 Å². The number of thiazole rings is 1. The molecule has 4 radical (unpaired) electrons. The van der Waals surface area contributed by atoms with Gasteiger partial charge in [-0.05, 0) is 13.3 Å². The van der Waals surface area contributed by atoms with E-state index in [0.29, 0.717) is 11.4 Å². The molecule has 0 aromatic carbocycles. The Bertz CT molecular complexity index is 1330. The Balaban J connectivity index is 1.39. The van der Waals surface area contributed by atoms with Crippen LogP contribution >= 0.6 is 34.7 Å². The van der Waals surface area contributed by atoms with E-state index in [-0.39, 0.29) is 54.6 Å². The summed E-state index contributed by atoms with van der Waals surface area (Å²) in [5.74, 6) is 2.00. The number of halogens is 1. The highest BCUT2D eigenvalue weighted by atomic mass is 35.5. The van der Waals surface area contributed by atoms with E-state index in [1.165, 1.54) is 9.80 Å². The summed E-state index contributed by atoms with van der Waals surface area (Å²) in [6.07, 6.45) is 0.869. The smallest absolute Gasteiger partial charge is 0.378 e. The second-order valence-corrected chi connectivity index (χ2v) is 12.9. The average molecular weight is 607 g/mol. The Morgan fingerprint density at radius 1 is 1.20 bits per heavy atom. The minimum absolute atomic E-state index is 0.0409. The Hall–Kier alpha value is -2.82. The van der Waals surface area contributed by atoms with E-state index in [9.17, 15) is 24.0 Å². The number of urea groups is 1. The molecule has 40 heavy (non-hydrogen) atoms. The largest absolute Gasteiger partial charge is 0.541 e. The average Bonchev–Trinajstić information content (AvgIpc) is 3.56. The minimum atomic E-state index is -1.63. The second-order valence-electron chi connectivity index (χ2n) is 9.67. The van der Waals surface area contributed by atoms with E-state index >= 15 is 0 Å². The van der Waals surface area contributed by atoms with Gasteiger partial charge in [-0.25, -0.2) is 20.4 Å². The van der Waals surface area contributed by atoms with Crippen LogP contribution in [0.5, 0.6) is 0 Å². The first-order valence-electron chi connectivity index (χ1n) is 12.0. The summed E-state index contributed by atoms with van der Waals surface area (Å²) < 4.78 is 9.02. The SMILES string of the molecule is [B]OC(=O)C1(O/N=C(\C(=O)CC2C(=O)N3C[C@@](C(=O)O[B])(N4CCN(N)C4=O)S[C@H]23)c2nc(C)sc2Cl)CCC1. The fourth-order valence-corrected chi connectivity index (χ4v) is 7.90. The van der Waals surface area contributed by atoms with E-state index in [4.69, 9.17) is 38.4 Å². The number of fused-ring (bicyclic) bond motifs is 1. The third-order valence-electron chi connectivity index (χ3n) is 7.39. The van der Waals surface area contributed by atoms with Crippen LogP contribution in [0, 0.1) is 12.8 Å². The van der Waals surface area contributed by atoms with Crippen molar-refractivity contribution in [3.63, 3.8) is 0 Å². The number of hydrazine groups is 1. The summed E-state index contributed by atoms with van der Waals surface area (Å²) in [5.41, 5.74) is -1.68. The summed E-state index contributed by atoms with van der Waals surface area (Å²) in [7, 11) is 10.2. The fourth-order valence-electron chi connectivity index (χ4n) is 5.06. The fraction of sp³-hybridized carbons (Fsp3) is 0.571. The van der Waals surface area contributed by atoms with Gasteiger partial charge in [-0.2, -0.15) is 0 Å². The van der Waals surface area contributed by atoms with E-state index in [1.54, 1.807) is 6.92 Å². The van der Waals surface area contributed by atoms with Crippen LogP contribution in [-0.2, 0) is 33.3 Å². The molecule has 3 aliphatic heterocycles. The molecule has 4 heterocycles. The zero-order valence-electron chi connectivity index (χ0n) is 21.0. The first kappa shape index (κ1) is 28.7. The maximum Gasteiger partial charge on any atom is 0.378 e. The maximum absolute atomic E-state index is 13.6. The van der Waals surface area contributed by atoms with Crippen molar-refractivity contribution in [3.8, 4) is 0 Å². The van der Waals surface area contributed by atoms with Gasteiger partial charge in [0.25, 0.3) is 0 Å². The topological polar surface area (TPSA) is 174 Å². The normalized spacial score (nSPS) is 27.2. The summed E-state index contributed by atoms with van der Waals surface area (Å²) in [6.45, 7) is 1.76. The molecule has 1 aliphatic carbocycles. The monoisotopic (exact) mass is 606 g/mol. The van der Waals surface area contributed by atoms with Crippen molar-refractivity contribution in [2.24, 2.45) is 16.9 Å². The molecule has 1 aromatic heterocycles. The van der Waals surface area contributed by atoms with Crippen LogP contribution < -0.4 is 5.84 Å². The highest BCUT2D eigenvalue weighted by Gasteiger charge is 2.66. The minimum Gasteiger partial charge on any atom is -0.541 e. The van der Waals surface area contributed by atoms with Crippen LogP contribution in [0.15, 0.2) is 5.16 Å². The third-order valence-corrected chi connectivity index (χ3v) is 10.3. The van der Waals surface area contributed by atoms with Gasteiger partial charge in [-0.3, -0.25) is 24.3 Å². The van der Waals surface area contributed by atoms with E-state index < -0.39 is 51.4 Å². The van der Waals surface area contributed by atoms with Gasteiger partial charge in [0.15, 0.2) is 11.5 Å². The molecule has 19 heteroatoms. The summed E-state index contributed by atoms with van der Waals surface area (Å²) in [4.78, 5) is 75.1. The molecule has 0 bridgehead atoms. The molecule has 3 saturated heterocycles. The Morgan fingerprint density at radius 2 is 1.90 bits per heavy atom. The molecule has 3 amide bonds. The van der Waals surface area contributed by atoms with Gasteiger partial charge in [-0.15, -0.1) is 11.3 Å². The van der Waals surface area contributed by atoms with Gasteiger partial charge in [0, 0.05) is 25.8 Å². The predicted molar refractivity (Wildman–Crippen MR) is 142 cm³/mol. The van der Waals surface area contributed by atoms with Crippen LogP contribution in [0.2, 0.25) is 4.34 Å². The lowest BCUT2D eigenvalue weighted by atomic mass is 9.80. The molecule has 2 N–H and O–H groups in total. The number of β-lactam (4-membered cyclic amide) rings is 1. The van der Waals surface area contributed by atoms with Gasteiger partial charge in [0.1, 0.15) is 10.0 Å². The summed E-state index contributed by atoms with van der Waals surface area (Å²) in [6, 6.07) is -0.624. The van der Waals surface area contributed by atoms with Gasteiger partial charge in [0.2, 0.25) is 16.4 Å². The van der Waals surface area contributed by atoms with Crippen molar-refractivity contribution in [1.29, 1.82) is 0 Å². The number of nitrogens with zero attached hydrogens (tertiary/aromatic N) is 5. The predicted octanol–water partition coefficient (Wildman–Crippen LogP) is -0.200. The van der Waals surface area contributed by atoms with Crippen molar-refractivity contribution < 1.29 is 38.1 Å². The van der Waals surface area contributed by atoms with E-state index in [2.05, 4.69) is 19.4 Å². The van der Waals surface area contributed by atoms with E-state index in [1.807, 2.05) is 0 Å². The highest BCUT2D eigenvalue weighted by Crippen LogP contribution is 2.53. The number of aromatic nitrogens is 1. The van der Waals surface area contributed by atoms with Crippen molar-refractivity contribution >= 4 is 86.2 Å². The van der Waals surface area contributed by atoms with Crippen LogP contribution in [0.25, 0.3) is 0 Å². The van der Waals surface area contributed by atoms with Crippen molar-refractivity contribution in [2.45, 2.75) is 48.5 Å². The molecule has 5 rings (SSSR count). The summed E-state index contributed by atoms with van der Waals surface area (Å²) >= 11 is 8.42. The second kappa shape index (κ2) is 10.5. The molecule has 0 spiro atoms. The van der Waals surface area contributed by atoms with Crippen LogP contribution in [0.1, 0.15) is 36.4 Å². The number of amides is 3. The quantitative estimate of drug-likeness (QED) is 0.0985. The maximum atomic E-state index is 13.6. The molecule has 3 atom stereocenters.